The van der Waals surface area contributed by atoms with Crippen LogP contribution in [0.1, 0.15) is 19.3 Å². The van der Waals surface area contributed by atoms with Gasteiger partial charge in [0.25, 0.3) is 0 Å². The van der Waals surface area contributed by atoms with Crippen molar-refractivity contribution in [2.75, 3.05) is 4.43 Å². The molecule has 0 aromatic heterocycles. The third kappa shape index (κ3) is 0.984. The van der Waals surface area contributed by atoms with Gasteiger partial charge in [-0.25, -0.2) is 0 Å². The molecule has 0 saturated carbocycles. The summed E-state index contributed by atoms with van der Waals surface area (Å²) in [5.41, 5.74) is 0. The summed E-state index contributed by atoms with van der Waals surface area (Å²) in [7, 11) is -2.76. The van der Waals surface area contributed by atoms with E-state index in [1.54, 1.807) is 0 Å². The van der Waals surface area contributed by atoms with Crippen LogP contribution in [0.3, 0.4) is 0 Å². The molecule has 10 heavy (non-hydrogen) atoms. The van der Waals surface area contributed by atoms with E-state index in [9.17, 15) is 8.42 Å². The van der Waals surface area contributed by atoms with Crippen molar-refractivity contribution in [3.05, 3.63) is 0 Å². The summed E-state index contributed by atoms with van der Waals surface area (Å²) < 4.78 is 26.0. The maximum absolute atomic E-state index is 11.0. The fourth-order valence-corrected chi connectivity index (χ4v) is 12.9. The Labute approximate surface area is 68.4 Å². The van der Waals surface area contributed by atoms with E-state index in [2.05, 4.69) is 2.94 Å². The first-order chi connectivity index (χ1) is 4.70. The fourth-order valence-electron chi connectivity index (χ4n) is 1.33. The Hall–Kier alpha value is 0.640. The first-order valence-corrected chi connectivity index (χ1v) is 8.75. The molecule has 1 unspecified atom stereocenters. The van der Waals surface area contributed by atoms with E-state index in [-0.39, 0.29) is 3.26 Å². The number of alkyl halides is 2. The fraction of sp³-hybridized carbons (Fsp3) is 1.00. The van der Waals surface area contributed by atoms with E-state index < -0.39 is 30.1 Å². The number of nitrogens with one attached hydrogen (secondary N) is 1. The van der Waals surface area contributed by atoms with Crippen molar-refractivity contribution in [3.63, 3.8) is 0 Å². The van der Waals surface area contributed by atoms with Gasteiger partial charge in [0.05, 0.1) is 0 Å². The van der Waals surface area contributed by atoms with Gasteiger partial charge in [-0.05, 0) is 0 Å². The van der Waals surface area contributed by atoms with Crippen molar-refractivity contribution in [2.24, 2.45) is 0 Å². The summed E-state index contributed by atoms with van der Waals surface area (Å²) >= 11 is -1.13. The summed E-state index contributed by atoms with van der Waals surface area (Å²) in [5, 5.41) is 0. The van der Waals surface area contributed by atoms with Gasteiger partial charge in [0.1, 0.15) is 0 Å². The molecule has 2 rings (SSSR count). The van der Waals surface area contributed by atoms with Gasteiger partial charge in [-0.15, -0.1) is 0 Å². The summed E-state index contributed by atoms with van der Waals surface area (Å²) in [6, 6.07) is 0. The monoisotopic (exact) mass is 275 g/mol. The second-order valence-electron chi connectivity index (χ2n) is 2.61. The third-order valence-electron chi connectivity index (χ3n) is 1.86. The van der Waals surface area contributed by atoms with E-state index >= 15 is 0 Å². The minimum atomic E-state index is -2.76. The molecule has 2 fully saturated rings. The molecule has 3 nitrogen and oxygen atoms in total. The van der Waals surface area contributed by atoms with Crippen LogP contribution in [0.25, 0.3) is 0 Å². The summed E-state index contributed by atoms with van der Waals surface area (Å²) in [6.07, 6.45) is 3.32. The SMILES string of the molecule is O=S1(=O)NI2CCCCC21. The van der Waals surface area contributed by atoms with Crippen LogP contribution in [-0.4, -0.2) is 16.1 Å². The minimum absolute atomic E-state index is 0.116. The molecule has 2 aliphatic heterocycles. The zero-order valence-corrected chi connectivity index (χ0v) is 8.48. The number of rotatable bonds is 0. The van der Waals surface area contributed by atoms with Gasteiger partial charge < -0.3 is 0 Å². The molecule has 0 amide bonds. The van der Waals surface area contributed by atoms with Crippen LogP contribution in [0, 0.1) is 0 Å². The van der Waals surface area contributed by atoms with Gasteiger partial charge in [0.2, 0.25) is 0 Å². The Kier molecular flexibility index (Phi) is 1.69. The molecule has 2 heterocycles. The van der Waals surface area contributed by atoms with Crippen LogP contribution in [0.4, 0.5) is 0 Å². The van der Waals surface area contributed by atoms with Crippen LogP contribution >= 0.6 is 20.1 Å². The zero-order chi connectivity index (χ0) is 7.19. The van der Waals surface area contributed by atoms with Crippen molar-refractivity contribution in [1.82, 2.24) is 2.94 Å². The predicted octanol–water partition coefficient (Wildman–Crippen LogP) is 0.851. The van der Waals surface area contributed by atoms with Gasteiger partial charge in [0.15, 0.2) is 0 Å². The molecule has 0 spiro atoms. The van der Waals surface area contributed by atoms with Gasteiger partial charge in [-0.3, -0.25) is 0 Å². The van der Waals surface area contributed by atoms with E-state index in [1.165, 1.54) is 10.8 Å². The molecule has 0 radical (unpaired) electrons. The Balaban J connectivity index is 2.15. The normalized spacial score (nSPS) is 40.0. The van der Waals surface area contributed by atoms with Gasteiger partial charge in [-0.2, -0.15) is 0 Å². The van der Waals surface area contributed by atoms with Gasteiger partial charge in [-0.1, -0.05) is 0 Å². The first kappa shape index (κ1) is 7.30. The van der Waals surface area contributed by atoms with Crippen LogP contribution < -0.4 is 2.94 Å². The standard InChI is InChI=1S/C5H10INO2S/c8-10(9)5-3-1-2-4-6(5)7-10/h5,7H,1-4H2. The molecule has 0 aliphatic carbocycles. The molecular weight excluding hydrogens is 265 g/mol. The summed E-state index contributed by atoms with van der Waals surface area (Å²) in [5.74, 6) is 0. The number of sulfonamides is 1. The van der Waals surface area contributed by atoms with Crippen molar-refractivity contribution in [2.45, 2.75) is 22.5 Å². The molecule has 0 aromatic rings. The molecule has 2 saturated heterocycles. The number of fused-ring (bicyclic) bond motifs is 1. The average molecular weight is 275 g/mol. The number of hydrogen-bond donors (Lipinski definition) is 1. The van der Waals surface area contributed by atoms with E-state index in [0.717, 1.165) is 12.8 Å². The third-order valence-corrected chi connectivity index (χ3v) is 14.4. The maximum atomic E-state index is 11.0. The van der Waals surface area contributed by atoms with Crippen molar-refractivity contribution in [1.29, 1.82) is 0 Å². The number of hydrogen-bond acceptors (Lipinski definition) is 2. The second-order valence-corrected chi connectivity index (χ2v) is 11.4. The molecule has 1 atom stereocenters. The van der Waals surface area contributed by atoms with Gasteiger partial charge in [0, 0.05) is 0 Å². The van der Waals surface area contributed by atoms with Crippen LogP contribution in [0.2, 0.25) is 0 Å². The molecule has 5 heteroatoms. The molecule has 60 valence electrons. The van der Waals surface area contributed by atoms with E-state index in [4.69, 9.17) is 0 Å². The van der Waals surface area contributed by atoms with Gasteiger partial charge >= 0.3 is 68.4 Å². The topological polar surface area (TPSA) is 46.2 Å². The van der Waals surface area contributed by atoms with Crippen molar-refractivity contribution < 1.29 is 8.42 Å². The average Bonchev–Trinajstić information content (AvgIpc) is 1.86. The molecule has 0 bridgehead atoms. The molecular formula is C5H10INO2S. The van der Waals surface area contributed by atoms with Crippen molar-refractivity contribution >= 4 is 30.1 Å². The van der Waals surface area contributed by atoms with Crippen molar-refractivity contribution in [3.8, 4) is 0 Å². The second kappa shape index (κ2) is 2.31. The summed E-state index contributed by atoms with van der Waals surface area (Å²) in [6.45, 7) is 0. The molecule has 1 N–H and O–H groups in total. The summed E-state index contributed by atoms with van der Waals surface area (Å²) in [4.78, 5) is 0. The van der Waals surface area contributed by atoms with E-state index in [0.29, 0.717) is 0 Å². The Morgan fingerprint density at radius 1 is 1.40 bits per heavy atom. The Morgan fingerprint density at radius 3 is 2.70 bits per heavy atom. The first-order valence-electron chi connectivity index (χ1n) is 3.36. The molecule has 0 aromatic carbocycles. The van der Waals surface area contributed by atoms with Crippen LogP contribution in [0.5, 0.6) is 0 Å². The van der Waals surface area contributed by atoms with Crippen LogP contribution in [0.15, 0.2) is 0 Å². The van der Waals surface area contributed by atoms with E-state index in [1.807, 2.05) is 0 Å². The zero-order valence-electron chi connectivity index (χ0n) is 5.51. The van der Waals surface area contributed by atoms with Crippen LogP contribution in [-0.2, 0) is 10.0 Å². The Bertz CT molecular complexity index is 238. The predicted molar refractivity (Wildman–Crippen MR) is 48.6 cm³/mol. The number of halogens is 1. The Morgan fingerprint density at radius 2 is 2.20 bits per heavy atom. The molecule has 2 aliphatic rings. The quantitative estimate of drug-likeness (QED) is 0.405.